The van der Waals surface area contributed by atoms with Crippen LogP contribution >= 0.6 is 0 Å². The molecule has 1 aliphatic heterocycles. The highest BCUT2D eigenvalue weighted by Crippen LogP contribution is 2.25. The predicted molar refractivity (Wildman–Crippen MR) is 75.8 cm³/mol. The molecule has 2 unspecified atom stereocenters. The molecule has 0 saturated carbocycles. The second-order valence-corrected chi connectivity index (χ2v) is 5.72. The zero-order chi connectivity index (χ0) is 14.5. The van der Waals surface area contributed by atoms with Crippen molar-refractivity contribution in [2.45, 2.75) is 71.0 Å². The molecule has 3 N–H and O–H groups in total. The molecular formula is C14H27N3O2. The van der Waals surface area contributed by atoms with Crippen LogP contribution in [0.15, 0.2) is 0 Å². The molecule has 2 atom stereocenters. The highest BCUT2D eigenvalue weighted by atomic mass is 16.2. The van der Waals surface area contributed by atoms with E-state index < -0.39 is 11.6 Å². The zero-order valence-electron chi connectivity index (χ0n) is 12.5. The van der Waals surface area contributed by atoms with Crippen LogP contribution in [-0.2, 0) is 9.59 Å². The summed E-state index contributed by atoms with van der Waals surface area (Å²) >= 11 is 0. The highest BCUT2D eigenvalue weighted by Gasteiger charge is 2.40. The lowest BCUT2D eigenvalue weighted by Crippen LogP contribution is -2.58. The van der Waals surface area contributed by atoms with E-state index in [1.165, 1.54) is 0 Å². The number of hydrogen-bond acceptors (Lipinski definition) is 3. The van der Waals surface area contributed by atoms with Gasteiger partial charge >= 0.3 is 0 Å². The van der Waals surface area contributed by atoms with Gasteiger partial charge in [-0.1, -0.05) is 13.3 Å². The molecule has 0 aromatic heterocycles. The molecule has 1 fully saturated rings. The Bertz CT molecular complexity index is 323. The first-order valence-corrected chi connectivity index (χ1v) is 7.27. The lowest BCUT2D eigenvalue weighted by molar-refractivity contribution is -0.132. The van der Waals surface area contributed by atoms with Crippen LogP contribution in [0, 0.1) is 0 Å². The van der Waals surface area contributed by atoms with Crippen LogP contribution in [0.4, 0.5) is 0 Å². The fraction of sp³-hybridized carbons (Fsp3) is 0.857. The Hall–Kier alpha value is -1.10. The highest BCUT2D eigenvalue weighted by molar-refractivity contribution is 5.92. The Morgan fingerprint density at radius 2 is 1.95 bits per heavy atom. The fourth-order valence-electron chi connectivity index (χ4n) is 2.56. The van der Waals surface area contributed by atoms with Crippen LogP contribution in [0.5, 0.6) is 0 Å². The molecule has 5 heteroatoms. The summed E-state index contributed by atoms with van der Waals surface area (Å²) in [5, 5.41) is 8.96. The van der Waals surface area contributed by atoms with Crippen LogP contribution in [0.2, 0.25) is 0 Å². The van der Waals surface area contributed by atoms with Crippen molar-refractivity contribution in [2.24, 2.45) is 0 Å². The van der Waals surface area contributed by atoms with E-state index in [2.05, 4.69) is 22.9 Å². The number of rotatable bonds is 6. The lowest BCUT2D eigenvalue weighted by atomic mass is 9.90. The first-order chi connectivity index (χ1) is 8.91. The number of carbonyl (C=O) groups is 2. The molecule has 0 aromatic carbocycles. The first kappa shape index (κ1) is 16.0. The third-order valence-electron chi connectivity index (χ3n) is 3.53. The molecule has 1 heterocycles. The Morgan fingerprint density at radius 3 is 2.42 bits per heavy atom. The van der Waals surface area contributed by atoms with E-state index >= 15 is 0 Å². The van der Waals surface area contributed by atoms with Crippen molar-refractivity contribution in [3.8, 4) is 0 Å². The van der Waals surface area contributed by atoms with E-state index in [4.69, 9.17) is 0 Å². The van der Waals surface area contributed by atoms with Crippen molar-refractivity contribution < 1.29 is 9.59 Å². The largest absolute Gasteiger partial charge is 0.352 e. The van der Waals surface area contributed by atoms with Gasteiger partial charge in [0, 0.05) is 6.04 Å². The summed E-state index contributed by atoms with van der Waals surface area (Å²) < 4.78 is 0. The van der Waals surface area contributed by atoms with E-state index in [1.54, 1.807) is 6.92 Å². The normalized spacial score (nSPS) is 24.3. The Morgan fingerprint density at radius 1 is 1.26 bits per heavy atom. The molecule has 0 radical (unpaired) electrons. The van der Waals surface area contributed by atoms with Crippen molar-refractivity contribution in [1.29, 1.82) is 0 Å². The molecular weight excluding hydrogens is 242 g/mol. The average Bonchev–Trinajstić information content (AvgIpc) is 2.78. The average molecular weight is 269 g/mol. The Labute approximate surface area is 115 Å². The minimum Gasteiger partial charge on any atom is -0.352 e. The van der Waals surface area contributed by atoms with Crippen molar-refractivity contribution in [3.63, 3.8) is 0 Å². The van der Waals surface area contributed by atoms with Gasteiger partial charge in [0.05, 0.1) is 5.54 Å². The van der Waals surface area contributed by atoms with Gasteiger partial charge in [0.1, 0.15) is 6.04 Å². The molecule has 110 valence electrons. The van der Waals surface area contributed by atoms with Crippen LogP contribution < -0.4 is 16.0 Å². The Balaban J connectivity index is 2.59. The summed E-state index contributed by atoms with van der Waals surface area (Å²) in [6.07, 6.45) is 3.63. The van der Waals surface area contributed by atoms with Crippen molar-refractivity contribution >= 4 is 11.8 Å². The third-order valence-corrected chi connectivity index (χ3v) is 3.53. The van der Waals surface area contributed by atoms with Gasteiger partial charge < -0.3 is 16.0 Å². The first-order valence-electron chi connectivity index (χ1n) is 7.27. The Kier molecular flexibility index (Phi) is 5.79. The molecule has 1 saturated heterocycles. The maximum absolute atomic E-state index is 12.4. The second kappa shape index (κ2) is 6.89. The number of hydrogen-bond donors (Lipinski definition) is 3. The molecule has 1 aliphatic rings. The minimum atomic E-state index is -0.494. The molecule has 0 bridgehead atoms. The second-order valence-electron chi connectivity index (χ2n) is 5.72. The van der Waals surface area contributed by atoms with Crippen molar-refractivity contribution in [2.75, 3.05) is 6.54 Å². The monoisotopic (exact) mass is 269 g/mol. The van der Waals surface area contributed by atoms with Gasteiger partial charge in [0.25, 0.3) is 0 Å². The molecule has 0 spiro atoms. The maximum Gasteiger partial charge on any atom is 0.242 e. The van der Waals surface area contributed by atoms with E-state index in [0.717, 1.165) is 32.2 Å². The summed E-state index contributed by atoms with van der Waals surface area (Å²) in [6.45, 7) is 8.49. The predicted octanol–water partition coefficient (Wildman–Crippen LogP) is 0.938. The standard InChI is InChI=1S/C14H27N3O2/c1-5-7-14(8-6-9-15-14)13(19)17-11(4)12(18)16-10(2)3/h10-11,15H,5-9H2,1-4H3,(H,16,18)(H,17,19). The maximum atomic E-state index is 12.4. The van der Waals surface area contributed by atoms with Gasteiger partial charge in [0.15, 0.2) is 0 Å². The zero-order valence-corrected chi connectivity index (χ0v) is 12.5. The molecule has 2 amide bonds. The number of nitrogens with one attached hydrogen (secondary N) is 3. The minimum absolute atomic E-state index is 0.0433. The molecule has 0 aliphatic carbocycles. The number of carbonyl (C=O) groups excluding carboxylic acids is 2. The van der Waals surface area contributed by atoms with E-state index in [-0.39, 0.29) is 17.9 Å². The van der Waals surface area contributed by atoms with E-state index in [9.17, 15) is 9.59 Å². The van der Waals surface area contributed by atoms with Gasteiger partial charge in [-0.05, 0) is 46.6 Å². The molecule has 5 nitrogen and oxygen atoms in total. The molecule has 19 heavy (non-hydrogen) atoms. The lowest BCUT2D eigenvalue weighted by Gasteiger charge is -2.29. The SMILES string of the molecule is CCCC1(C(=O)NC(C)C(=O)NC(C)C)CCCN1. The summed E-state index contributed by atoms with van der Waals surface area (Å²) in [5.74, 6) is -0.175. The van der Waals surface area contributed by atoms with Gasteiger partial charge in [-0.2, -0.15) is 0 Å². The van der Waals surface area contributed by atoms with Crippen molar-refractivity contribution in [1.82, 2.24) is 16.0 Å². The van der Waals surface area contributed by atoms with Crippen molar-refractivity contribution in [3.05, 3.63) is 0 Å². The quantitative estimate of drug-likeness (QED) is 0.672. The molecule has 1 rings (SSSR count). The number of amides is 2. The summed E-state index contributed by atoms with van der Waals surface area (Å²) in [4.78, 5) is 24.2. The van der Waals surface area contributed by atoms with Crippen LogP contribution in [-0.4, -0.2) is 36.0 Å². The van der Waals surface area contributed by atoms with Gasteiger partial charge in [-0.25, -0.2) is 0 Å². The summed E-state index contributed by atoms with van der Waals surface area (Å²) in [5.41, 5.74) is -0.471. The third kappa shape index (κ3) is 4.20. The van der Waals surface area contributed by atoms with E-state index in [0.29, 0.717) is 0 Å². The van der Waals surface area contributed by atoms with Crippen LogP contribution in [0.25, 0.3) is 0 Å². The summed E-state index contributed by atoms with van der Waals surface area (Å²) in [7, 11) is 0. The van der Waals surface area contributed by atoms with Gasteiger partial charge in [-0.3, -0.25) is 9.59 Å². The van der Waals surface area contributed by atoms with Gasteiger partial charge in [-0.15, -0.1) is 0 Å². The topological polar surface area (TPSA) is 70.2 Å². The summed E-state index contributed by atoms with van der Waals surface area (Å²) in [6, 6.07) is -0.410. The van der Waals surface area contributed by atoms with E-state index in [1.807, 2.05) is 13.8 Å². The van der Waals surface area contributed by atoms with Crippen LogP contribution in [0.1, 0.15) is 53.4 Å². The molecule has 0 aromatic rings. The van der Waals surface area contributed by atoms with Crippen LogP contribution in [0.3, 0.4) is 0 Å². The fourth-order valence-corrected chi connectivity index (χ4v) is 2.56. The van der Waals surface area contributed by atoms with Gasteiger partial charge in [0.2, 0.25) is 11.8 Å². The smallest absolute Gasteiger partial charge is 0.242 e.